The summed E-state index contributed by atoms with van der Waals surface area (Å²) in [5.41, 5.74) is 5.76. The fraction of sp³-hybridized carbons (Fsp3) is 0.684. The number of hydrogen-bond donors (Lipinski definition) is 2. The number of allylic oxidation sites excluding steroid dienone is 1. The van der Waals surface area contributed by atoms with Gasteiger partial charge < -0.3 is 20.5 Å². The molecule has 1 fully saturated rings. The minimum atomic E-state index is -0.865. The van der Waals surface area contributed by atoms with Gasteiger partial charge in [-0.25, -0.2) is 4.99 Å². The second-order valence-corrected chi connectivity index (χ2v) is 7.75. The van der Waals surface area contributed by atoms with Gasteiger partial charge in [-0.2, -0.15) is 0 Å². The van der Waals surface area contributed by atoms with E-state index < -0.39 is 5.97 Å². The van der Waals surface area contributed by atoms with Gasteiger partial charge >= 0.3 is 5.97 Å². The van der Waals surface area contributed by atoms with Crippen molar-refractivity contribution in [1.82, 2.24) is 14.7 Å². The van der Waals surface area contributed by atoms with E-state index in [0.717, 1.165) is 12.8 Å². The van der Waals surface area contributed by atoms with Gasteiger partial charge in [-0.15, -0.1) is 0 Å². The summed E-state index contributed by atoms with van der Waals surface area (Å²) in [6.07, 6.45) is 2.70. The molecule has 1 saturated heterocycles. The number of aliphatic carboxylic acids is 1. The molecular formula is C19H33ClN6O3. The summed E-state index contributed by atoms with van der Waals surface area (Å²) >= 11 is 6.50. The third kappa shape index (κ3) is 7.18. The maximum atomic E-state index is 11.1. The Bertz CT molecular complexity index is 654. The predicted octanol–water partition coefficient (Wildman–Crippen LogP) is 0.844. The average molecular weight is 429 g/mol. The fourth-order valence-corrected chi connectivity index (χ4v) is 3.86. The number of halogens is 1. The van der Waals surface area contributed by atoms with Crippen molar-refractivity contribution in [2.24, 2.45) is 15.7 Å². The summed E-state index contributed by atoms with van der Waals surface area (Å²) in [6, 6.07) is 0. The molecule has 0 spiro atoms. The average Bonchev–Trinajstić information content (AvgIpc) is 2.67. The molecule has 0 aromatic rings. The van der Waals surface area contributed by atoms with Crippen LogP contribution in [-0.4, -0.2) is 104 Å². The molecule has 10 heteroatoms. The van der Waals surface area contributed by atoms with Crippen molar-refractivity contribution < 1.29 is 14.7 Å². The number of nitrogens with zero attached hydrogens (tertiary/aromatic N) is 5. The van der Waals surface area contributed by atoms with Gasteiger partial charge in [0, 0.05) is 38.1 Å². The lowest BCUT2D eigenvalue weighted by Gasteiger charge is -2.50. The van der Waals surface area contributed by atoms with Crippen molar-refractivity contribution in [3.05, 3.63) is 10.9 Å². The molecule has 1 rings (SSSR count). The number of carboxylic acid groups (broad SMARTS) is 1. The fourth-order valence-electron chi connectivity index (χ4n) is 3.62. The van der Waals surface area contributed by atoms with Crippen molar-refractivity contribution in [2.75, 3.05) is 53.5 Å². The van der Waals surface area contributed by atoms with Crippen LogP contribution in [0.1, 0.15) is 26.2 Å². The topological polar surface area (TPSA) is 115 Å². The number of carbonyl (C=O) groups is 2. The number of aldehydes is 1. The number of carbonyl (C=O) groups excluding carboxylic acids is 1. The Hall–Kier alpha value is -1.81. The largest absolute Gasteiger partial charge is 0.480 e. The van der Waals surface area contributed by atoms with Gasteiger partial charge in [0.25, 0.3) is 0 Å². The number of nitrogens with two attached hydrogens (primary N) is 1. The summed E-state index contributed by atoms with van der Waals surface area (Å²) in [5.74, 6) is -0.320. The molecule has 0 aromatic heterocycles. The Labute approximate surface area is 177 Å². The first-order valence-corrected chi connectivity index (χ1v) is 9.96. The highest BCUT2D eigenvalue weighted by Gasteiger charge is 2.40. The van der Waals surface area contributed by atoms with Crippen LogP contribution in [0.3, 0.4) is 0 Å². The van der Waals surface area contributed by atoms with Crippen LogP contribution in [0, 0.1) is 0 Å². The van der Waals surface area contributed by atoms with Gasteiger partial charge in [0.05, 0.1) is 18.9 Å². The van der Waals surface area contributed by atoms with Crippen LogP contribution in [-0.2, 0) is 9.59 Å². The molecule has 0 aromatic carbocycles. The van der Waals surface area contributed by atoms with Gasteiger partial charge in [-0.05, 0) is 40.6 Å². The highest BCUT2D eigenvalue weighted by molar-refractivity contribution is 6.43. The third-order valence-corrected chi connectivity index (χ3v) is 5.83. The molecular weight excluding hydrogens is 396 g/mol. The number of aliphatic imine (C=N–C) groups is 2. The van der Waals surface area contributed by atoms with E-state index in [1.165, 1.54) is 0 Å². The highest BCUT2D eigenvalue weighted by atomic mass is 35.5. The SMILES string of the molecule is C=N/C(=C(Cl)\C(C)=N/CN)N1CCN(C)C(CCC=O)(CCN(C)CC(=O)O)C1. The van der Waals surface area contributed by atoms with Crippen LogP contribution in [0.2, 0.25) is 0 Å². The lowest BCUT2D eigenvalue weighted by atomic mass is 9.85. The molecule has 1 heterocycles. The maximum Gasteiger partial charge on any atom is 0.317 e. The Morgan fingerprint density at radius 1 is 1.41 bits per heavy atom. The molecule has 1 atom stereocenters. The zero-order valence-electron chi connectivity index (χ0n) is 17.6. The Morgan fingerprint density at radius 2 is 2.10 bits per heavy atom. The first kappa shape index (κ1) is 25.2. The summed E-state index contributed by atoms with van der Waals surface area (Å²) in [6.45, 7) is 8.18. The van der Waals surface area contributed by atoms with E-state index in [0.29, 0.717) is 55.5 Å². The lowest BCUT2D eigenvalue weighted by molar-refractivity contribution is -0.138. The van der Waals surface area contributed by atoms with E-state index in [1.807, 2.05) is 7.05 Å². The quantitative estimate of drug-likeness (QED) is 0.349. The minimum absolute atomic E-state index is 0.0306. The van der Waals surface area contributed by atoms with Gasteiger partial charge in [0.2, 0.25) is 0 Å². The molecule has 3 N–H and O–H groups in total. The Morgan fingerprint density at radius 3 is 2.66 bits per heavy atom. The van der Waals surface area contributed by atoms with Crippen LogP contribution >= 0.6 is 11.6 Å². The van der Waals surface area contributed by atoms with Crippen molar-refractivity contribution in [3.8, 4) is 0 Å². The molecule has 1 unspecified atom stereocenters. The van der Waals surface area contributed by atoms with Crippen molar-refractivity contribution >= 4 is 36.3 Å². The lowest BCUT2D eigenvalue weighted by Crippen LogP contribution is -2.61. The Kier molecular flexibility index (Phi) is 10.5. The molecule has 0 radical (unpaired) electrons. The molecule has 0 bridgehead atoms. The molecule has 0 amide bonds. The zero-order chi connectivity index (χ0) is 22.0. The molecule has 9 nitrogen and oxygen atoms in total. The van der Waals surface area contributed by atoms with Gasteiger partial charge in [-0.1, -0.05) is 11.6 Å². The van der Waals surface area contributed by atoms with Gasteiger partial charge in [-0.3, -0.25) is 19.6 Å². The molecule has 29 heavy (non-hydrogen) atoms. The van der Waals surface area contributed by atoms with Crippen LogP contribution in [0.15, 0.2) is 20.8 Å². The number of rotatable bonds is 12. The van der Waals surface area contributed by atoms with E-state index in [2.05, 4.69) is 26.5 Å². The van der Waals surface area contributed by atoms with Crippen LogP contribution in [0.4, 0.5) is 0 Å². The number of piperazine rings is 1. The first-order valence-electron chi connectivity index (χ1n) is 9.59. The smallest absolute Gasteiger partial charge is 0.317 e. The minimum Gasteiger partial charge on any atom is -0.480 e. The third-order valence-electron chi connectivity index (χ3n) is 5.38. The second kappa shape index (κ2) is 12.0. The normalized spacial score (nSPS) is 21.9. The van der Waals surface area contributed by atoms with E-state index in [1.54, 1.807) is 18.9 Å². The summed E-state index contributed by atoms with van der Waals surface area (Å²) < 4.78 is 0. The van der Waals surface area contributed by atoms with Crippen LogP contribution < -0.4 is 5.73 Å². The molecule has 1 aliphatic heterocycles. The molecule has 164 valence electrons. The molecule has 0 saturated carbocycles. The molecule has 1 aliphatic rings. The number of carboxylic acids is 1. The van der Waals surface area contributed by atoms with Gasteiger partial charge in [0.15, 0.2) is 0 Å². The Balaban J connectivity index is 3.15. The zero-order valence-corrected chi connectivity index (χ0v) is 18.4. The highest BCUT2D eigenvalue weighted by Crippen LogP contribution is 2.32. The number of likely N-dealkylation sites (N-methyl/N-ethyl adjacent to an activating group) is 2. The maximum absolute atomic E-state index is 11.1. The van der Waals surface area contributed by atoms with Gasteiger partial charge in [0.1, 0.15) is 17.1 Å². The summed E-state index contributed by atoms with van der Waals surface area (Å²) in [5, 5.41) is 9.42. The van der Waals surface area contributed by atoms with Crippen LogP contribution in [0.25, 0.3) is 0 Å². The number of hydrogen-bond acceptors (Lipinski definition) is 8. The monoisotopic (exact) mass is 428 g/mol. The van der Waals surface area contributed by atoms with Crippen molar-refractivity contribution in [2.45, 2.75) is 31.7 Å². The summed E-state index contributed by atoms with van der Waals surface area (Å²) in [4.78, 5) is 36.5. The van der Waals surface area contributed by atoms with Crippen molar-refractivity contribution in [1.29, 1.82) is 0 Å². The predicted molar refractivity (Wildman–Crippen MR) is 117 cm³/mol. The first-order chi connectivity index (χ1) is 13.7. The van der Waals surface area contributed by atoms with E-state index >= 15 is 0 Å². The van der Waals surface area contributed by atoms with E-state index in [4.69, 9.17) is 22.4 Å². The van der Waals surface area contributed by atoms with Crippen molar-refractivity contribution in [3.63, 3.8) is 0 Å². The van der Waals surface area contributed by atoms with E-state index in [-0.39, 0.29) is 18.8 Å². The summed E-state index contributed by atoms with van der Waals surface area (Å²) in [7, 11) is 3.81. The standard InChI is InChI=1S/C19H33ClN6O3/c1-15(23-14-21)17(20)18(22-2)26-10-9-25(4)19(13-26,6-5-11-27)7-8-24(3)12-16(28)29/h11H,2,5-10,12-14,21H2,1,3-4H3,(H,28,29)/b18-17-,23-15-. The second-order valence-electron chi connectivity index (χ2n) is 7.38. The van der Waals surface area contributed by atoms with Crippen LogP contribution in [0.5, 0.6) is 0 Å². The van der Waals surface area contributed by atoms with E-state index in [9.17, 15) is 9.59 Å². The molecule has 0 aliphatic carbocycles.